The Morgan fingerprint density at radius 3 is 2.61 bits per heavy atom. The number of carbonyl (C=O) groups excluding carboxylic acids is 2. The fourth-order valence-electron chi connectivity index (χ4n) is 3.11. The normalized spacial score (nSPS) is 15.8. The van der Waals surface area contributed by atoms with Crippen LogP contribution < -0.4 is 9.47 Å². The highest BCUT2D eigenvalue weighted by atomic mass is 32.2. The average Bonchev–Trinajstić information content (AvgIpc) is 3.05. The predicted octanol–water partition coefficient (Wildman–Crippen LogP) is 5.37. The number of nitrogens with zero attached hydrogens (tertiary/aromatic N) is 2. The van der Waals surface area contributed by atoms with E-state index >= 15 is 0 Å². The van der Waals surface area contributed by atoms with E-state index in [9.17, 15) is 14.9 Å². The van der Waals surface area contributed by atoms with Crippen molar-refractivity contribution in [1.82, 2.24) is 4.90 Å². The third-order valence-corrected chi connectivity index (χ3v) is 5.83. The maximum Gasteiger partial charge on any atom is 0.293 e. The fraction of sp³-hybridized carbons (Fsp3) is 0.292. The Bertz CT molecular complexity index is 1060. The van der Waals surface area contributed by atoms with Crippen molar-refractivity contribution >= 4 is 29.0 Å². The van der Waals surface area contributed by atoms with Crippen molar-refractivity contribution in [2.75, 3.05) is 6.61 Å². The highest BCUT2D eigenvalue weighted by Crippen LogP contribution is 2.36. The number of ether oxygens (including phenoxy) is 2. The van der Waals surface area contributed by atoms with Gasteiger partial charge in [0.2, 0.25) is 0 Å². The summed E-state index contributed by atoms with van der Waals surface area (Å²) in [5, 5.41) is 9.00. The van der Waals surface area contributed by atoms with Gasteiger partial charge in [0.1, 0.15) is 6.61 Å². The first-order valence-electron chi connectivity index (χ1n) is 10.1. The van der Waals surface area contributed by atoms with E-state index < -0.39 is 0 Å². The molecule has 1 atom stereocenters. The number of imide groups is 1. The highest BCUT2D eigenvalue weighted by molar-refractivity contribution is 8.18. The van der Waals surface area contributed by atoms with Gasteiger partial charge in [0, 0.05) is 11.6 Å². The first kappa shape index (κ1) is 22.4. The van der Waals surface area contributed by atoms with Crippen molar-refractivity contribution in [1.29, 1.82) is 5.26 Å². The minimum atomic E-state index is -0.268. The molecule has 1 aliphatic rings. The van der Waals surface area contributed by atoms with E-state index in [0.717, 1.165) is 22.9 Å². The number of thioether (sulfide) groups is 1. The highest BCUT2D eigenvalue weighted by Gasteiger charge is 2.37. The Morgan fingerprint density at radius 1 is 1.13 bits per heavy atom. The number of hydrogen-bond donors (Lipinski definition) is 0. The van der Waals surface area contributed by atoms with Gasteiger partial charge in [-0.2, -0.15) is 5.26 Å². The third kappa shape index (κ3) is 5.09. The van der Waals surface area contributed by atoms with Crippen molar-refractivity contribution < 1.29 is 19.1 Å². The van der Waals surface area contributed by atoms with E-state index in [1.807, 2.05) is 45.0 Å². The Hall–Kier alpha value is -3.24. The van der Waals surface area contributed by atoms with Crippen LogP contribution in [0.15, 0.2) is 47.4 Å². The average molecular weight is 437 g/mol. The van der Waals surface area contributed by atoms with Crippen molar-refractivity contribution in [3.8, 4) is 17.6 Å². The van der Waals surface area contributed by atoms with Gasteiger partial charge in [-0.1, -0.05) is 31.2 Å². The minimum Gasteiger partial charge on any atom is -0.490 e. The number of benzene rings is 2. The molecule has 31 heavy (non-hydrogen) atoms. The smallest absolute Gasteiger partial charge is 0.293 e. The van der Waals surface area contributed by atoms with Crippen LogP contribution in [0, 0.1) is 11.3 Å². The number of amides is 2. The van der Waals surface area contributed by atoms with Crippen molar-refractivity contribution in [3.63, 3.8) is 0 Å². The maximum absolute atomic E-state index is 12.7. The molecule has 7 heteroatoms. The Morgan fingerprint density at radius 2 is 1.90 bits per heavy atom. The molecule has 1 heterocycles. The Labute approximate surface area is 186 Å². The number of carbonyl (C=O) groups is 2. The molecule has 0 bridgehead atoms. The zero-order chi connectivity index (χ0) is 22.4. The molecule has 0 N–H and O–H groups in total. The zero-order valence-corrected chi connectivity index (χ0v) is 18.6. The molecule has 2 aromatic carbocycles. The van der Waals surface area contributed by atoms with Gasteiger partial charge < -0.3 is 9.47 Å². The standard InChI is InChI=1S/C24H24N2O4S/c1-4-16(3)26-23(27)22(31-24(26)28)13-17-10-11-20(21(12-17)29-5-2)30-15-19-9-7-6-8-18(19)14-25/h6-13,16H,4-5,15H2,1-3H3/b22-13+/t16-/m0/s1. The summed E-state index contributed by atoms with van der Waals surface area (Å²) in [5.74, 6) is 0.807. The van der Waals surface area contributed by atoms with Crippen molar-refractivity contribution in [2.24, 2.45) is 0 Å². The van der Waals surface area contributed by atoms with Crippen molar-refractivity contribution in [2.45, 2.75) is 39.8 Å². The van der Waals surface area contributed by atoms with Gasteiger partial charge >= 0.3 is 0 Å². The van der Waals surface area contributed by atoms with Crippen LogP contribution in [0.1, 0.15) is 43.9 Å². The molecule has 6 nitrogen and oxygen atoms in total. The first-order chi connectivity index (χ1) is 15.0. The third-order valence-electron chi connectivity index (χ3n) is 4.94. The van der Waals surface area contributed by atoms with E-state index in [1.54, 1.807) is 24.3 Å². The lowest BCUT2D eigenvalue weighted by molar-refractivity contribution is -0.124. The molecule has 0 radical (unpaired) electrons. The van der Waals surface area contributed by atoms with Crippen LogP contribution >= 0.6 is 11.8 Å². The maximum atomic E-state index is 12.7. The fourth-order valence-corrected chi connectivity index (χ4v) is 4.04. The van der Waals surface area contributed by atoms with Crippen LogP contribution in [-0.2, 0) is 11.4 Å². The SMILES string of the molecule is CCOc1cc(/C=C2/SC(=O)N([C@@H](C)CC)C2=O)ccc1OCc1ccccc1C#N. The van der Waals surface area contributed by atoms with Crippen molar-refractivity contribution in [3.05, 3.63) is 64.1 Å². The van der Waals surface area contributed by atoms with Gasteiger partial charge in [-0.3, -0.25) is 14.5 Å². The summed E-state index contributed by atoms with van der Waals surface area (Å²) in [6.07, 6.45) is 2.41. The van der Waals surface area contributed by atoms with Crippen LogP contribution in [0.5, 0.6) is 11.5 Å². The molecular formula is C24H24N2O4S. The predicted molar refractivity (Wildman–Crippen MR) is 121 cm³/mol. The molecule has 0 unspecified atom stereocenters. The van der Waals surface area contributed by atoms with Gasteiger partial charge in [0.15, 0.2) is 11.5 Å². The van der Waals surface area contributed by atoms with E-state index in [2.05, 4.69) is 6.07 Å². The van der Waals surface area contributed by atoms with E-state index in [0.29, 0.717) is 35.0 Å². The van der Waals surface area contributed by atoms with Gasteiger partial charge in [0.05, 0.1) is 23.1 Å². The van der Waals surface area contributed by atoms with Crippen LogP contribution in [0.3, 0.4) is 0 Å². The van der Waals surface area contributed by atoms with Crippen LogP contribution in [0.2, 0.25) is 0 Å². The topological polar surface area (TPSA) is 79.6 Å². The van der Waals surface area contributed by atoms with E-state index in [-0.39, 0.29) is 23.8 Å². The van der Waals surface area contributed by atoms with E-state index in [4.69, 9.17) is 9.47 Å². The number of nitriles is 1. The first-order valence-corrected chi connectivity index (χ1v) is 10.9. The lowest BCUT2D eigenvalue weighted by Crippen LogP contribution is -2.36. The second-order valence-electron chi connectivity index (χ2n) is 7.01. The molecule has 1 saturated heterocycles. The van der Waals surface area contributed by atoms with Gasteiger partial charge in [-0.05, 0) is 61.9 Å². The molecule has 3 rings (SSSR count). The zero-order valence-electron chi connectivity index (χ0n) is 17.8. The molecule has 2 aromatic rings. The number of hydrogen-bond acceptors (Lipinski definition) is 6. The summed E-state index contributed by atoms with van der Waals surface area (Å²) < 4.78 is 11.6. The molecule has 2 amide bonds. The van der Waals surface area contributed by atoms with Crippen LogP contribution in [0.4, 0.5) is 4.79 Å². The lowest BCUT2D eigenvalue weighted by Gasteiger charge is -2.19. The molecule has 1 aliphatic heterocycles. The lowest BCUT2D eigenvalue weighted by atomic mass is 10.1. The molecular weight excluding hydrogens is 412 g/mol. The molecule has 0 spiro atoms. The Kier molecular flexibility index (Phi) is 7.37. The minimum absolute atomic E-state index is 0.135. The summed E-state index contributed by atoms with van der Waals surface area (Å²) in [4.78, 5) is 26.6. The summed E-state index contributed by atoms with van der Waals surface area (Å²) in [6, 6.07) is 14.7. The summed E-state index contributed by atoms with van der Waals surface area (Å²) in [6.45, 7) is 6.36. The van der Waals surface area contributed by atoms with Gasteiger partial charge in [-0.25, -0.2) is 0 Å². The van der Waals surface area contributed by atoms with Gasteiger partial charge in [-0.15, -0.1) is 0 Å². The Balaban J connectivity index is 1.82. The number of rotatable bonds is 8. The quantitative estimate of drug-likeness (QED) is 0.518. The summed E-state index contributed by atoms with van der Waals surface area (Å²) >= 11 is 0.951. The second kappa shape index (κ2) is 10.2. The van der Waals surface area contributed by atoms with Gasteiger partial charge in [0.25, 0.3) is 11.1 Å². The molecule has 1 fully saturated rings. The molecule has 0 aliphatic carbocycles. The molecule has 0 saturated carbocycles. The van der Waals surface area contributed by atoms with Crippen LogP contribution in [-0.4, -0.2) is 28.7 Å². The summed E-state index contributed by atoms with van der Waals surface area (Å²) in [5.41, 5.74) is 2.09. The van der Waals surface area contributed by atoms with E-state index in [1.165, 1.54) is 4.90 Å². The second-order valence-corrected chi connectivity index (χ2v) is 8.00. The monoisotopic (exact) mass is 436 g/mol. The largest absolute Gasteiger partial charge is 0.490 e. The van der Waals surface area contributed by atoms with Crippen LogP contribution in [0.25, 0.3) is 6.08 Å². The molecule has 160 valence electrons. The summed E-state index contributed by atoms with van der Waals surface area (Å²) in [7, 11) is 0. The molecule has 0 aromatic heterocycles.